The van der Waals surface area contributed by atoms with Gasteiger partial charge in [-0.3, -0.25) is 0 Å². The molecule has 0 spiro atoms. The second-order valence-electron chi connectivity index (χ2n) is 3.21. The summed E-state index contributed by atoms with van der Waals surface area (Å²) in [7, 11) is 0. The quantitative estimate of drug-likeness (QED) is 0.738. The highest BCUT2D eigenvalue weighted by Gasteiger charge is 2.06. The third-order valence-corrected chi connectivity index (χ3v) is 2.74. The van der Waals surface area contributed by atoms with Gasteiger partial charge in [-0.1, -0.05) is 47.5 Å². The fourth-order valence-electron chi connectivity index (χ4n) is 1.46. The van der Waals surface area contributed by atoms with Crippen LogP contribution in [0.15, 0.2) is 42.5 Å². The van der Waals surface area contributed by atoms with E-state index in [1.54, 1.807) is 12.1 Å². The molecule has 1 nitrogen and oxygen atoms in total. The zero-order valence-electron chi connectivity index (χ0n) is 7.87. The molecular weight excluding hydrogens is 229 g/mol. The molecule has 0 fully saturated rings. The number of hydrogen-bond acceptors (Lipinski definition) is 1. The van der Waals surface area contributed by atoms with E-state index in [0.29, 0.717) is 15.7 Å². The Morgan fingerprint density at radius 3 is 2.27 bits per heavy atom. The van der Waals surface area contributed by atoms with Crippen molar-refractivity contribution in [3.8, 4) is 11.1 Å². The molecule has 15 heavy (non-hydrogen) atoms. The first kappa shape index (κ1) is 10.3. The number of halogens is 2. The van der Waals surface area contributed by atoms with E-state index in [4.69, 9.17) is 28.9 Å². The van der Waals surface area contributed by atoms with Gasteiger partial charge in [-0.2, -0.15) is 0 Å². The van der Waals surface area contributed by atoms with E-state index in [0.717, 1.165) is 11.1 Å². The van der Waals surface area contributed by atoms with Gasteiger partial charge in [-0.25, -0.2) is 0 Å². The zero-order valence-corrected chi connectivity index (χ0v) is 9.39. The van der Waals surface area contributed by atoms with Crippen molar-refractivity contribution in [2.75, 3.05) is 5.73 Å². The molecule has 0 saturated carbocycles. The fraction of sp³-hybridized carbons (Fsp3) is 0. The fourth-order valence-corrected chi connectivity index (χ4v) is 1.88. The van der Waals surface area contributed by atoms with Gasteiger partial charge in [0.25, 0.3) is 0 Å². The summed E-state index contributed by atoms with van der Waals surface area (Å²) in [5.41, 5.74) is 8.35. The van der Waals surface area contributed by atoms with Crippen molar-refractivity contribution in [1.29, 1.82) is 0 Å². The summed E-state index contributed by atoms with van der Waals surface area (Å²) >= 11 is 11.9. The summed E-state index contributed by atoms with van der Waals surface area (Å²) in [6.45, 7) is 0. The van der Waals surface area contributed by atoms with Gasteiger partial charge in [0.15, 0.2) is 0 Å². The van der Waals surface area contributed by atoms with Crippen LogP contribution in [0.1, 0.15) is 0 Å². The lowest BCUT2D eigenvalue weighted by Gasteiger charge is -2.07. The molecule has 2 aromatic rings. The monoisotopic (exact) mass is 237 g/mol. The Morgan fingerprint density at radius 2 is 1.60 bits per heavy atom. The van der Waals surface area contributed by atoms with Gasteiger partial charge < -0.3 is 5.73 Å². The van der Waals surface area contributed by atoms with E-state index < -0.39 is 0 Å². The van der Waals surface area contributed by atoms with Crippen molar-refractivity contribution in [2.24, 2.45) is 0 Å². The minimum Gasteiger partial charge on any atom is -0.398 e. The maximum absolute atomic E-state index is 6.08. The minimum absolute atomic E-state index is 0.628. The summed E-state index contributed by atoms with van der Waals surface area (Å²) in [6, 6.07) is 13.0. The SMILES string of the molecule is Nc1cc(Cl)ccc1-c1ccccc1Cl. The third-order valence-electron chi connectivity index (χ3n) is 2.18. The number of rotatable bonds is 1. The Labute approximate surface area is 98.4 Å². The van der Waals surface area contributed by atoms with Gasteiger partial charge in [0.05, 0.1) is 0 Å². The molecule has 76 valence electrons. The zero-order chi connectivity index (χ0) is 10.8. The van der Waals surface area contributed by atoms with Gasteiger partial charge in [0.1, 0.15) is 0 Å². The topological polar surface area (TPSA) is 26.0 Å². The molecule has 0 aliphatic heterocycles. The van der Waals surface area contributed by atoms with Crippen molar-refractivity contribution in [3.63, 3.8) is 0 Å². The maximum Gasteiger partial charge on any atom is 0.0485 e. The third kappa shape index (κ3) is 2.09. The molecule has 2 N–H and O–H groups in total. The molecule has 0 heterocycles. The van der Waals surface area contributed by atoms with Crippen LogP contribution in [0.5, 0.6) is 0 Å². The van der Waals surface area contributed by atoms with E-state index in [-0.39, 0.29) is 0 Å². The Balaban J connectivity index is 2.60. The van der Waals surface area contributed by atoms with Crippen molar-refractivity contribution in [2.45, 2.75) is 0 Å². The van der Waals surface area contributed by atoms with Crippen molar-refractivity contribution < 1.29 is 0 Å². The average molecular weight is 238 g/mol. The van der Waals surface area contributed by atoms with Gasteiger partial charge in [0, 0.05) is 26.9 Å². The summed E-state index contributed by atoms with van der Waals surface area (Å²) in [5.74, 6) is 0. The normalized spacial score (nSPS) is 10.3. The molecule has 0 saturated heterocycles. The summed E-state index contributed by atoms with van der Waals surface area (Å²) in [6.07, 6.45) is 0. The van der Waals surface area contributed by atoms with Crippen LogP contribution in [0.2, 0.25) is 10.0 Å². The van der Waals surface area contributed by atoms with Crippen molar-refractivity contribution in [3.05, 3.63) is 52.5 Å². The number of benzene rings is 2. The van der Waals surface area contributed by atoms with Gasteiger partial charge in [0.2, 0.25) is 0 Å². The molecule has 0 radical (unpaired) electrons. The second kappa shape index (κ2) is 4.13. The lowest BCUT2D eigenvalue weighted by atomic mass is 10.0. The lowest BCUT2D eigenvalue weighted by Crippen LogP contribution is -1.90. The van der Waals surface area contributed by atoms with Crippen LogP contribution < -0.4 is 5.73 Å². The minimum atomic E-state index is 0.628. The molecule has 0 unspecified atom stereocenters. The first-order valence-corrected chi connectivity index (χ1v) is 5.24. The average Bonchev–Trinajstić information content (AvgIpc) is 2.20. The summed E-state index contributed by atoms with van der Waals surface area (Å²) in [5, 5.41) is 1.31. The largest absolute Gasteiger partial charge is 0.398 e. The van der Waals surface area contributed by atoms with Crippen LogP contribution in [0.4, 0.5) is 5.69 Å². The number of hydrogen-bond donors (Lipinski definition) is 1. The maximum atomic E-state index is 6.08. The van der Waals surface area contributed by atoms with Crippen LogP contribution in [-0.4, -0.2) is 0 Å². The first-order chi connectivity index (χ1) is 7.18. The number of nitrogen functional groups attached to an aromatic ring is 1. The standard InChI is InChI=1S/C12H9Cl2N/c13-8-5-6-10(12(15)7-8)9-3-1-2-4-11(9)14/h1-7H,15H2. The van der Waals surface area contributed by atoms with E-state index in [9.17, 15) is 0 Å². The molecule has 0 amide bonds. The second-order valence-corrected chi connectivity index (χ2v) is 4.06. The molecule has 0 aromatic heterocycles. The molecule has 0 aliphatic carbocycles. The Kier molecular flexibility index (Phi) is 2.85. The van der Waals surface area contributed by atoms with Gasteiger partial charge in [-0.15, -0.1) is 0 Å². The predicted octanol–water partition coefficient (Wildman–Crippen LogP) is 4.24. The Hall–Kier alpha value is -1.18. The first-order valence-electron chi connectivity index (χ1n) is 4.48. The van der Waals surface area contributed by atoms with Gasteiger partial charge in [-0.05, 0) is 18.2 Å². The van der Waals surface area contributed by atoms with E-state index in [1.165, 1.54) is 0 Å². The number of nitrogens with two attached hydrogens (primary N) is 1. The van der Waals surface area contributed by atoms with Crippen molar-refractivity contribution in [1.82, 2.24) is 0 Å². The highest BCUT2D eigenvalue weighted by Crippen LogP contribution is 2.32. The van der Waals surface area contributed by atoms with Crippen LogP contribution >= 0.6 is 23.2 Å². The molecular formula is C12H9Cl2N. The molecule has 3 heteroatoms. The smallest absolute Gasteiger partial charge is 0.0485 e. The highest BCUT2D eigenvalue weighted by atomic mass is 35.5. The molecule has 2 rings (SSSR count). The molecule has 2 aromatic carbocycles. The van der Waals surface area contributed by atoms with Crippen LogP contribution in [-0.2, 0) is 0 Å². The summed E-state index contributed by atoms with van der Waals surface area (Å²) < 4.78 is 0. The van der Waals surface area contributed by atoms with Crippen LogP contribution in [0.25, 0.3) is 11.1 Å². The Morgan fingerprint density at radius 1 is 0.867 bits per heavy atom. The number of anilines is 1. The molecule has 0 atom stereocenters. The lowest BCUT2D eigenvalue weighted by molar-refractivity contribution is 1.61. The van der Waals surface area contributed by atoms with E-state index in [1.807, 2.05) is 30.3 Å². The molecule has 0 aliphatic rings. The molecule has 0 bridgehead atoms. The Bertz CT molecular complexity index is 495. The predicted molar refractivity (Wildman–Crippen MR) is 66.3 cm³/mol. The van der Waals surface area contributed by atoms with Gasteiger partial charge >= 0.3 is 0 Å². The van der Waals surface area contributed by atoms with E-state index in [2.05, 4.69) is 0 Å². The van der Waals surface area contributed by atoms with Crippen molar-refractivity contribution >= 4 is 28.9 Å². The highest BCUT2D eigenvalue weighted by molar-refractivity contribution is 6.33. The van der Waals surface area contributed by atoms with Crippen LogP contribution in [0.3, 0.4) is 0 Å². The summed E-state index contributed by atoms with van der Waals surface area (Å²) in [4.78, 5) is 0. The van der Waals surface area contributed by atoms with Crippen LogP contribution in [0, 0.1) is 0 Å². The van der Waals surface area contributed by atoms with E-state index >= 15 is 0 Å².